The molecule has 3 aliphatic rings. The minimum absolute atomic E-state index is 0.00121. The van der Waals surface area contributed by atoms with Gasteiger partial charge in [0.05, 0.1) is 18.0 Å². The van der Waals surface area contributed by atoms with Gasteiger partial charge in [0, 0.05) is 23.1 Å². The molecule has 0 spiro atoms. The molecule has 0 radical (unpaired) electrons. The summed E-state index contributed by atoms with van der Waals surface area (Å²) in [5.41, 5.74) is 6.06. The summed E-state index contributed by atoms with van der Waals surface area (Å²) >= 11 is 0. The number of phenols is 1. The number of carbonyl (C=O) groups excluding carboxylic acids is 3. The summed E-state index contributed by atoms with van der Waals surface area (Å²) in [7, 11) is 0. The molecule has 1 aromatic heterocycles. The van der Waals surface area contributed by atoms with E-state index in [2.05, 4.69) is 26.1 Å². The van der Waals surface area contributed by atoms with Crippen LogP contribution in [0.15, 0.2) is 51.3 Å². The molecule has 5 rings (SSSR count). The first-order valence-electron chi connectivity index (χ1n) is 12.3. The van der Waals surface area contributed by atoms with Crippen LogP contribution < -0.4 is 11.1 Å². The summed E-state index contributed by atoms with van der Waals surface area (Å²) in [6.07, 6.45) is 0.662. The normalized spacial score (nSPS) is 23.6. The highest BCUT2D eigenvalue weighted by atomic mass is 16.3. The molecule has 9 heteroatoms. The van der Waals surface area contributed by atoms with Crippen LogP contribution in [0.5, 0.6) is 5.75 Å². The van der Waals surface area contributed by atoms with Crippen LogP contribution in [0.1, 0.15) is 55.3 Å². The molecule has 37 heavy (non-hydrogen) atoms. The summed E-state index contributed by atoms with van der Waals surface area (Å²) in [4.78, 5) is 38.4. The molecular formula is C28H30N2O7. The Bertz CT molecular complexity index is 1410. The number of nitrogens with two attached hydrogens (primary N) is 1. The van der Waals surface area contributed by atoms with Crippen molar-refractivity contribution in [1.29, 1.82) is 0 Å². The summed E-state index contributed by atoms with van der Waals surface area (Å²) < 4.78 is 6.07. The van der Waals surface area contributed by atoms with Crippen molar-refractivity contribution in [3.8, 4) is 17.1 Å². The highest BCUT2D eigenvalue weighted by Gasteiger charge is 2.50. The van der Waals surface area contributed by atoms with Gasteiger partial charge in [0.15, 0.2) is 11.6 Å². The van der Waals surface area contributed by atoms with Gasteiger partial charge in [-0.1, -0.05) is 0 Å². The number of allylic oxidation sites excluding steroid dienone is 3. The number of nitrogens with one attached hydrogen (secondary N) is 1. The molecule has 6 N–H and O–H groups in total. The van der Waals surface area contributed by atoms with Crippen molar-refractivity contribution >= 4 is 17.5 Å². The lowest BCUT2D eigenvalue weighted by Gasteiger charge is -2.41. The Morgan fingerprint density at radius 2 is 1.84 bits per heavy atom. The molecule has 1 aromatic carbocycles. The molecule has 0 saturated heterocycles. The third kappa shape index (κ3) is 4.13. The van der Waals surface area contributed by atoms with E-state index in [1.165, 1.54) is 6.07 Å². The number of primary amides is 1. The first-order valence-corrected chi connectivity index (χ1v) is 12.3. The summed E-state index contributed by atoms with van der Waals surface area (Å²) in [5, 5.41) is 35.5. The fourth-order valence-electron chi connectivity index (χ4n) is 5.84. The van der Waals surface area contributed by atoms with Crippen LogP contribution in [0, 0.1) is 17.8 Å². The highest BCUT2D eigenvalue weighted by Crippen LogP contribution is 2.50. The third-order valence-electron chi connectivity index (χ3n) is 7.49. The maximum absolute atomic E-state index is 13.7. The van der Waals surface area contributed by atoms with Crippen molar-refractivity contribution in [3.63, 3.8) is 0 Å². The number of phenolic OH excluding ortho intramolecular Hbond substituents is 1. The average Bonchev–Trinajstić information content (AvgIpc) is 3.25. The number of benzene rings is 1. The zero-order chi connectivity index (χ0) is 26.8. The molecule has 0 saturated carbocycles. The molecule has 1 heterocycles. The van der Waals surface area contributed by atoms with E-state index in [1.807, 2.05) is 12.1 Å². The molecule has 1 amide bonds. The predicted molar refractivity (Wildman–Crippen MR) is 134 cm³/mol. The van der Waals surface area contributed by atoms with Gasteiger partial charge in [0.25, 0.3) is 5.91 Å². The Morgan fingerprint density at radius 3 is 2.51 bits per heavy atom. The monoisotopic (exact) mass is 506 g/mol. The van der Waals surface area contributed by atoms with Crippen LogP contribution in [0.25, 0.3) is 11.3 Å². The zero-order valence-corrected chi connectivity index (χ0v) is 20.9. The molecule has 0 fully saturated rings. The lowest BCUT2D eigenvalue weighted by atomic mass is 9.62. The van der Waals surface area contributed by atoms with Gasteiger partial charge < -0.3 is 30.8 Å². The number of furan rings is 1. The Kier molecular flexibility index (Phi) is 5.79. The molecule has 3 unspecified atom stereocenters. The molecule has 0 aliphatic heterocycles. The minimum atomic E-state index is -1.14. The van der Waals surface area contributed by atoms with Crippen molar-refractivity contribution < 1.29 is 34.1 Å². The van der Waals surface area contributed by atoms with Crippen LogP contribution in [0.4, 0.5) is 0 Å². The van der Waals surface area contributed by atoms with Gasteiger partial charge in [-0.05, 0) is 75.3 Å². The smallest absolute Gasteiger partial charge is 0.255 e. The quantitative estimate of drug-likeness (QED) is 0.393. The highest BCUT2D eigenvalue weighted by molar-refractivity contribution is 6.22. The van der Waals surface area contributed by atoms with E-state index in [-0.39, 0.29) is 34.6 Å². The van der Waals surface area contributed by atoms with Crippen LogP contribution in [-0.2, 0) is 22.6 Å². The van der Waals surface area contributed by atoms with Crippen LogP contribution in [-0.4, -0.2) is 38.3 Å². The van der Waals surface area contributed by atoms with Crippen LogP contribution in [0.3, 0.4) is 0 Å². The van der Waals surface area contributed by atoms with Crippen LogP contribution in [0.2, 0.25) is 0 Å². The van der Waals surface area contributed by atoms with Gasteiger partial charge >= 0.3 is 0 Å². The largest absolute Gasteiger partial charge is 0.511 e. The van der Waals surface area contributed by atoms with Gasteiger partial charge in [-0.15, -0.1) is 0 Å². The number of hydrogen-bond acceptors (Lipinski definition) is 8. The standard InChI is InChI=1S/C28H30N2O7/c1-28(2,3)30-11-14-4-7-19(37-14)15-5-6-17(31)22-16(15)9-12-8-13-10-18(32)23(27(29)36)26(35)21(13)24(33)20(12)25(22)34/h4-7,12-13,21,30-33H,8-11H2,1-3H3,(H2,29,36). The van der Waals surface area contributed by atoms with Crippen LogP contribution >= 0.6 is 0 Å². The minimum Gasteiger partial charge on any atom is -0.511 e. The van der Waals surface area contributed by atoms with Crippen molar-refractivity contribution in [1.82, 2.24) is 5.32 Å². The zero-order valence-electron chi connectivity index (χ0n) is 20.9. The maximum atomic E-state index is 13.7. The van der Waals surface area contributed by atoms with E-state index in [4.69, 9.17) is 10.2 Å². The number of fused-ring (bicyclic) bond motifs is 3. The lowest BCUT2D eigenvalue weighted by molar-refractivity contribution is -0.126. The van der Waals surface area contributed by atoms with Gasteiger partial charge in [-0.25, -0.2) is 0 Å². The number of ketones is 2. The van der Waals surface area contributed by atoms with Gasteiger partial charge in [-0.2, -0.15) is 0 Å². The number of aliphatic hydroxyl groups excluding tert-OH is 2. The lowest BCUT2D eigenvalue weighted by Crippen LogP contribution is -2.43. The van der Waals surface area contributed by atoms with E-state index >= 15 is 0 Å². The molecular weight excluding hydrogens is 476 g/mol. The molecule has 9 nitrogen and oxygen atoms in total. The summed E-state index contributed by atoms with van der Waals surface area (Å²) in [6.45, 7) is 6.68. The molecule has 0 bridgehead atoms. The topological polar surface area (TPSA) is 163 Å². The van der Waals surface area contributed by atoms with Crippen molar-refractivity contribution in [2.75, 3.05) is 0 Å². The Labute approximate surface area is 213 Å². The number of rotatable bonds is 4. The van der Waals surface area contributed by atoms with Gasteiger partial charge in [0.2, 0.25) is 0 Å². The third-order valence-corrected chi connectivity index (χ3v) is 7.49. The number of carbonyl (C=O) groups is 3. The number of aromatic hydroxyl groups is 1. The maximum Gasteiger partial charge on any atom is 0.255 e. The molecule has 194 valence electrons. The predicted octanol–water partition coefficient (Wildman–Crippen LogP) is 3.61. The van der Waals surface area contributed by atoms with Crippen molar-refractivity contribution in [2.45, 2.75) is 52.1 Å². The second kappa shape index (κ2) is 8.62. The van der Waals surface area contributed by atoms with Gasteiger partial charge in [0.1, 0.15) is 34.4 Å². The number of Topliss-reactive ketones (excluding diaryl/α,β-unsaturated/α-hetero) is 2. The molecule has 2 aromatic rings. The first-order chi connectivity index (χ1) is 17.4. The molecule has 3 aliphatic carbocycles. The van der Waals surface area contributed by atoms with Gasteiger partial charge in [-0.3, -0.25) is 14.4 Å². The van der Waals surface area contributed by atoms with E-state index in [9.17, 15) is 29.7 Å². The average molecular weight is 507 g/mol. The van der Waals surface area contributed by atoms with E-state index in [1.54, 1.807) is 6.07 Å². The van der Waals surface area contributed by atoms with E-state index in [0.717, 1.165) is 5.76 Å². The Hall–Kier alpha value is -3.85. The summed E-state index contributed by atoms with van der Waals surface area (Å²) in [5.74, 6) is -4.22. The number of aliphatic hydroxyl groups is 2. The van der Waals surface area contributed by atoms with E-state index < -0.39 is 46.6 Å². The fourth-order valence-corrected chi connectivity index (χ4v) is 5.84. The Morgan fingerprint density at radius 1 is 1.11 bits per heavy atom. The summed E-state index contributed by atoms with van der Waals surface area (Å²) in [6, 6.07) is 6.81. The second-order valence-corrected chi connectivity index (χ2v) is 11.1. The second-order valence-electron chi connectivity index (χ2n) is 11.1. The first kappa shape index (κ1) is 24.8. The number of amides is 1. The molecule has 3 atom stereocenters. The Balaban J connectivity index is 1.55. The van der Waals surface area contributed by atoms with E-state index in [0.29, 0.717) is 36.3 Å². The number of hydrogen-bond donors (Lipinski definition) is 5. The van der Waals surface area contributed by atoms with Crippen molar-refractivity contribution in [2.24, 2.45) is 23.5 Å². The SMILES string of the molecule is CC(C)(C)NCc1ccc(-c2ccc(O)c3c2CC2CC4CC(O)=C(C(N)=O)C(=O)C4C(O)=C2C3=O)o1. The van der Waals surface area contributed by atoms with Crippen molar-refractivity contribution in [3.05, 3.63) is 63.8 Å². The fraction of sp³-hybridized carbons (Fsp3) is 0.393.